The number of alkyl halides is 5. The maximum Gasteiger partial charge on any atom is 0.453 e. The number of carbonyl (C=O) groups excluding carboxylic acids is 8. The number of ether oxygens (including phenoxy) is 12. The van der Waals surface area contributed by atoms with Crippen molar-refractivity contribution in [1.29, 1.82) is 0 Å². The summed E-state index contributed by atoms with van der Waals surface area (Å²) >= 11 is 0. The van der Waals surface area contributed by atoms with Crippen LogP contribution in [0.2, 0.25) is 0 Å². The molecule has 27 heteroatoms. The third-order valence-corrected chi connectivity index (χ3v) is 18.4. The van der Waals surface area contributed by atoms with E-state index in [4.69, 9.17) is 56.8 Å². The topological polar surface area (TPSA) is 264 Å². The summed E-state index contributed by atoms with van der Waals surface area (Å²) in [7, 11) is -1.49. The third-order valence-electron chi connectivity index (χ3n) is 17.0. The second-order valence-electron chi connectivity index (χ2n) is 23.5. The van der Waals surface area contributed by atoms with Gasteiger partial charge in [0.2, 0.25) is 12.4 Å². The molecule has 2 saturated carbocycles. The molecule has 0 N–H and O–H groups in total. The minimum absolute atomic E-state index is 0.143. The molecule has 2 heterocycles. The van der Waals surface area contributed by atoms with E-state index in [-0.39, 0.29) is 58.4 Å². The molecule has 1 aromatic rings. The van der Waals surface area contributed by atoms with E-state index in [2.05, 4.69) is 6.92 Å². The highest BCUT2D eigenvalue weighted by atomic mass is 32.2. The van der Waals surface area contributed by atoms with E-state index in [9.17, 15) is 64.5 Å². The van der Waals surface area contributed by atoms with E-state index in [1.54, 1.807) is 6.07 Å². The van der Waals surface area contributed by atoms with Crippen LogP contribution in [0.1, 0.15) is 169 Å². The Kier molecular flexibility index (Phi) is 25.4. The summed E-state index contributed by atoms with van der Waals surface area (Å²) in [5.41, 5.74) is 1.90. The molecule has 17 atom stereocenters. The van der Waals surface area contributed by atoms with Gasteiger partial charge < -0.3 is 56.8 Å². The number of carbonyl (C=O) groups is 8. The lowest BCUT2D eigenvalue weighted by Gasteiger charge is -2.53. The lowest BCUT2D eigenvalue weighted by molar-refractivity contribution is -0.354. The fourth-order valence-electron chi connectivity index (χ4n) is 13.4. The van der Waals surface area contributed by atoms with Gasteiger partial charge in [-0.3, -0.25) is 42.6 Å². The van der Waals surface area contributed by atoms with Crippen LogP contribution >= 0.6 is 0 Å². The predicted molar refractivity (Wildman–Crippen MR) is 294 cm³/mol. The van der Waals surface area contributed by atoms with Gasteiger partial charge in [-0.15, -0.1) is 0 Å². The molecule has 1 unspecified atom stereocenters. The Hall–Kier alpha value is -5.54. The van der Waals surface area contributed by atoms with E-state index in [1.807, 2.05) is 12.1 Å². The van der Waals surface area contributed by atoms with Crippen molar-refractivity contribution in [1.82, 2.24) is 0 Å². The van der Waals surface area contributed by atoms with E-state index < -0.39 is 152 Å². The molecule has 3 aliphatic carbocycles. The minimum Gasteiger partial charge on any atom is -0.463 e. The lowest BCUT2D eigenvalue weighted by atomic mass is 9.52. The van der Waals surface area contributed by atoms with Crippen molar-refractivity contribution in [3.63, 3.8) is 0 Å². The Bertz CT molecular complexity index is 2600. The summed E-state index contributed by atoms with van der Waals surface area (Å²) in [4.78, 5) is 101. The molecular weight excluding hydrogens is 1180 g/mol. The zero-order valence-corrected chi connectivity index (χ0v) is 51.5. The number of hydrogen-bond acceptors (Lipinski definition) is 21. The molecule has 6 rings (SSSR count). The molecule has 0 spiro atoms. The van der Waals surface area contributed by atoms with Crippen LogP contribution in [-0.4, -0.2) is 156 Å². The molecule has 2 saturated heterocycles. The Morgan fingerprint density at radius 1 is 0.575 bits per heavy atom. The number of esters is 8. The number of halogens is 5. The van der Waals surface area contributed by atoms with Crippen LogP contribution in [0.25, 0.3) is 0 Å². The SMILES string of the molecule is CC(=O)OC[C@H]1O[C@@H](O[C@H]2[C@H](OC(C)=O)[C@@H](OC(C)=O)[C@H](Oc3ccc4c(c3)C[C@@H](CCCCCCCCCS(=O)CCCC(F)(F)C(F)(F)F)[C@@H]3[C@@H]4CC[C@]4(C)[C@@H](OC(C)=O)CC[C@@H]34)O[C@@H]2COC(C)=O)[C@H](OC(C)=O)[C@@H](OC(C)=O)[C@@H]1OC(C)=O. The molecule has 2 aliphatic heterocycles. The van der Waals surface area contributed by atoms with Crippen molar-refractivity contribution >= 4 is 58.6 Å². The first-order chi connectivity index (χ1) is 40.9. The number of benzene rings is 1. The number of unbranched alkanes of at least 4 members (excludes halogenated alkanes) is 6. The summed E-state index contributed by atoms with van der Waals surface area (Å²) in [6.07, 6.45) is -13.6. The molecule has 0 bridgehead atoms. The Morgan fingerprint density at radius 2 is 1.07 bits per heavy atom. The molecule has 4 fully saturated rings. The Morgan fingerprint density at radius 3 is 1.63 bits per heavy atom. The molecule has 87 heavy (non-hydrogen) atoms. The minimum atomic E-state index is -5.63. The van der Waals surface area contributed by atoms with Crippen molar-refractivity contribution in [2.75, 3.05) is 24.7 Å². The second kappa shape index (κ2) is 31.3. The van der Waals surface area contributed by atoms with Crippen molar-refractivity contribution in [2.45, 2.75) is 244 Å². The summed E-state index contributed by atoms with van der Waals surface area (Å²) in [5, 5.41) is 0. The summed E-state index contributed by atoms with van der Waals surface area (Å²) in [5.74, 6) is -10.1. The van der Waals surface area contributed by atoms with Gasteiger partial charge in [0.25, 0.3) is 0 Å². The van der Waals surface area contributed by atoms with Crippen LogP contribution in [0.3, 0.4) is 0 Å². The van der Waals surface area contributed by atoms with Crippen LogP contribution in [0, 0.1) is 23.2 Å². The number of fused-ring (bicyclic) bond motifs is 5. The first-order valence-corrected chi connectivity index (χ1v) is 31.2. The number of hydrogen-bond donors (Lipinski definition) is 0. The van der Waals surface area contributed by atoms with Gasteiger partial charge in [-0.2, -0.15) is 22.0 Å². The quantitative estimate of drug-likeness (QED) is 0.0329. The van der Waals surface area contributed by atoms with Gasteiger partial charge in [-0.1, -0.05) is 51.5 Å². The van der Waals surface area contributed by atoms with Gasteiger partial charge in [0.05, 0.1) is 0 Å². The summed E-state index contributed by atoms with van der Waals surface area (Å²) in [6.45, 7) is 9.92. The average Bonchev–Trinajstić information content (AvgIpc) is 1.70. The van der Waals surface area contributed by atoms with Crippen molar-refractivity contribution in [3.8, 4) is 5.75 Å². The van der Waals surface area contributed by atoms with Gasteiger partial charge in [-0.05, 0) is 98.3 Å². The van der Waals surface area contributed by atoms with Gasteiger partial charge in [-0.25, -0.2) is 0 Å². The maximum atomic E-state index is 13.3. The lowest BCUT2D eigenvalue weighted by Crippen LogP contribution is -2.67. The highest BCUT2D eigenvalue weighted by Crippen LogP contribution is 2.63. The molecule has 0 aromatic heterocycles. The van der Waals surface area contributed by atoms with E-state index in [0.717, 1.165) is 130 Å². The first-order valence-electron chi connectivity index (χ1n) is 29.7. The fourth-order valence-corrected chi connectivity index (χ4v) is 14.6. The molecule has 1 aromatic carbocycles. The summed E-state index contributed by atoms with van der Waals surface area (Å²) in [6, 6.07) is 5.65. The van der Waals surface area contributed by atoms with Gasteiger partial charge in [0.15, 0.2) is 30.7 Å². The maximum absolute atomic E-state index is 13.3. The highest BCUT2D eigenvalue weighted by molar-refractivity contribution is 7.84. The predicted octanol–water partition coefficient (Wildman–Crippen LogP) is 8.55. The van der Waals surface area contributed by atoms with E-state index in [1.165, 1.54) is 6.92 Å². The second-order valence-corrected chi connectivity index (χ2v) is 25.2. The van der Waals surface area contributed by atoms with Gasteiger partial charge in [0.1, 0.15) is 43.4 Å². The number of rotatable bonds is 28. The van der Waals surface area contributed by atoms with Crippen molar-refractivity contribution in [3.05, 3.63) is 29.3 Å². The van der Waals surface area contributed by atoms with E-state index in [0.29, 0.717) is 12.8 Å². The smallest absolute Gasteiger partial charge is 0.453 e. The first kappa shape index (κ1) is 70.5. The zero-order chi connectivity index (χ0) is 64.1. The third kappa shape index (κ3) is 19.2. The summed E-state index contributed by atoms with van der Waals surface area (Å²) < 4.78 is 147. The standard InChI is InChI=1S/C60H83F5O21S/c1-32(66)75-30-46-50(78-35(4)69)52(79-36(5)70)55(82-39(8)73)57(85-46)86-51-47(31-76-33(2)67)84-56(54(81-38(7)72)53(51)80-37(6)71)83-42-19-20-43-41(29-42)28-40(49-44(43)23-25-58(9)45(49)21-22-48(58)77-34(3)68)18-15-13-11-10-12-14-16-26-87(74)27-17-24-59(61,62)60(63,64)65/h19-20,29,40,44-57H,10-18,21-28,30-31H2,1-9H3/t40-,44-,45+,46-,47-,48+,49-,50-,51-,52+,53+,54-,55-,56-,57+,58+,87?/m1/s1. The fraction of sp³-hybridized carbons (Fsp3) is 0.767. The van der Waals surface area contributed by atoms with Gasteiger partial charge in [0, 0.05) is 89.5 Å². The Labute approximate surface area is 505 Å². The largest absolute Gasteiger partial charge is 0.463 e. The molecule has 21 nitrogen and oxygen atoms in total. The van der Waals surface area contributed by atoms with Crippen LogP contribution in [0.15, 0.2) is 18.2 Å². The Balaban J connectivity index is 1.24. The van der Waals surface area contributed by atoms with Crippen molar-refractivity contribution in [2.24, 2.45) is 23.2 Å². The highest BCUT2D eigenvalue weighted by Gasteiger charge is 2.61. The molecule has 490 valence electrons. The average molecular weight is 1270 g/mol. The van der Waals surface area contributed by atoms with E-state index >= 15 is 0 Å². The van der Waals surface area contributed by atoms with Crippen molar-refractivity contribution < 1.29 is 121 Å². The normalized spacial score (nSPS) is 30.6. The monoisotopic (exact) mass is 1270 g/mol. The van der Waals surface area contributed by atoms with Gasteiger partial charge >= 0.3 is 59.9 Å². The zero-order valence-electron chi connectivity index (χ0n) is 50.7. The molecule has 0 radical (unpaired) electrons. The molecule has 0 amide bonds. The van der Waals surface area contributed by atoms with Crippen LogP contribution in [0.4, 0.5) is 22.0 Å². The van der Waals surface area contributed by atoms with Crippen LogP contribution < -0.4 is 4.74 Å². The van der Waals surface area contributed by atoms with Crippen LogP contribution in [-0.2, 0) is 108 Å². The molecule has 5 aliphatic rings. The molecular formula is C60H83F5O21S. The van der Waals surface area contributed by atoms with Crippen LogP contribution in [0.5, 0.6) is 5.75 Å².